The number of hydrogen-bond donors (Lipinski definition) is 1. The maximum atomic E-state index is 12.1. The van der Waals surface area contributed by atoms with Crippen molar-refractivity contribution in [1.82, 2.24) is 5.32 Å². The molecule has 3 heteroatoms. The number of fused-ring (bicyclic) bond motifs is 2. The Morgan fingerprint density at radius 2 is 1.89 bits per heavy atom. The van der Waals surface area contributed by atoms with Crippen molar-refractivity contribution in [2.24, 2.45) is 23.7 Å². The largest absolute Gasteiger partial charge is 0.356 e. The summed E-state index contributed by atoms with van der Waals surface area (Å²) in [5.41, 5.74) is 0. The first-order chi connectivity index (χ1) is 9.22. The minimum atomic E-state index is 0.270. The second-order valence-electron chi connectivity index (χ2n) is 7.00. The summed E-state index contributed by atoms with van der Waals surface area (Å²) in [7, 11) is 0. The van der Waals surface area contributed by atoms with E-state index in [1.807, 2.05) is 0 Å². The van der Waals surface area contributed by atoms with Crippen LogP contribution in [0.4, 0.5) is 0 Å². The predicted molar refractivity (Wildman–Crippen MR) is 78.2 cm³/mol. The minimum absolute atomic E-state index is 0.270. The van der Waals surface area contributed by atoms with E-state index in [0.717, 1.165) is 31.2 Å². The normalized spacial score (nSPS) is 41.4. The fourth-order valence-electron chi connectivity index (χ4n) is 4.57. The number of hydrogen-bond acceptors (Lipinski definition) is 1. The summed E-state index contributed by atoms with van der Waals surface area (Å²) in [4.78, 5) is 12.1. The molecule has 0 aromatic heterocycles. The fraction of sp³-hybridized carbons (Fsp3) is 0.938. The summed E-state index contributed by atoms with van der Waals surface area (Å²) < 4.78 is 0. The molecule has 5 unspecified atom stereocenters. The number of halogens is 1. The van der Waals surface area contributed by atoms with Gasteiger partial charge < -0.3 is 5.32 Å². The number of rotatable bonds is 4. The molecule has 1 N–H and O–H groups in total. The van der Waals surface area contributed by atoms with E-state index in [9.17, 15) is 4.79 Å². The van der Waals surface area contributed by atoms with Gasteiger partial charge in [-0.25, -0.2) is 0 Å². The summed E-state index contributed by atoms with van der Waals surface area (Å²) in [5, 5.41) is 3.42. The maximum absolute atomic E-state index is 12.1. The smallest absolute Gasteiger partial charge is 0.220 e. The first-order valence-electron chi connectivity index (χ1n) is 8.13. The quantitative estimate of drug-likeness (QED) is 0.783. The number of carbonyl (C=O) groups excluding carboxylic acids is 1. The molecule has 0 aromatic rings. The van der Waals surface area contributed by atoms with Gasteiger partial charge in [0.05, 0.1) is 0 Å². The van der Waals surface area contributed by atoms with Crippen LogP contribution >= 0.6 is 11.6 Å². The molecule has 0 heterocycles. The molecule has 2 nitrogen and oxygen atoms in total. The van der Waals surface area contributed by atoms with E-state index in [-0.39, 0.29) is 11.3 Å². The average Bonchev–Trinajstić information content (AvgIpc) is 3.00. The summed E-state index contributed by atoms with van der Waals surface area (Å²) in [6.45, 7) is 0.799. The highest BCUT2D eigenvalue weighted by Gasteiger charge is 2.40. The zero-order valence-corrected chi connectivity index (χ0v) is 12.5. The zero-order chi connectivity index (χ0) is 13.2. The Bertz CT molecular complexity index is 333. The lowest BCUT2D eigenvalue weighted by atomic mass is 9.86. The Morgan fingerprint density at radius 1 is 1.05 bits per heavy atom. The highest BCUT2D eigenvalue weighted by atomic mass is 35.5. The Kier molecular flexibility index (Phi) is 4.36. The van der Waals surface area contributed by atoms with Crippen LogP contribution in [0.2, 0.25) is 0 Å². The van der Waals surface area contributed by atoms with Gasteiger partial charge in [-0.1, -0.05) is 19.3 Å². The predicted octanol–water partition coefficient (Wildman–Crippen LogP) is 3.73. The van der Waals surface area contributed by atoms with E-state index >= 15 is 0 Å². The molecule has 0 saturated heterocycles. The van der Waals surface area contributed by atoms with Crippen molar-refractivity contribution in [2.45, 2.75) is 63.2 Å². The molecule has 1 amide bonds. The lowest BCUT2D eigenvalue weighted by Crippen LogP contribution is -2.35. The van der Waals surface area contributed by atoms with E-state index in [2.05, 4.69) is 5.32 Å². The highest BCUT2D eigenvalue weighted by Crippen LogP contribution is 2.49. The molecule has 108 valence electrons. The second kappa shape index (κ2) is 6.03. The SMILES string of the molecule is O=C(CC1CC2CCC1C2)NCC1CCCCC1Cl. The molecular weight excluding hydrogens is 258 g/mol. The third-order valence-corrected chi connectivity index (χ3v) is 6.28. The van der Waals surface area contributed by atoms with Gasteiger partial charge in [0.2, 0.25) is 5.91 Å². The van der Waals surface area contributed by atoms with Gasteiger partial charge in [0.25, 0.3) is 0 Å². The Hall–Kier alpha value is -0.240. The lowest BCUT2D eigenvalue weighted by molar-refractivity contribution is -0.122. The highest BCUT2D eigenvalue weighted by molar-refractivity contribution is 6.20. The van der Waals surface area contributed by atoms with Crippen LogP contribution in [0.3, 0.4) is 0 Å². The van der Waals surface area contributed by atoms with Gasteiger partial charge in [-0.2, -0.15) is 0 Å². The third-order valence-electron chi connectivity index (χ3n) is 5.71. The van der Waals surface area contributed by atoms with E-state index in [1.165, 1.54) is 44.9 Å². The molecule has 0 radical (unpaired) electrons. The van der Waals surface area contributed by atoms with Crippen molar-refractivity contribution in [3.05, 3.63) is 0 Å². The minimum Gasteiger partial charge on any atom is -0.356 e. The van der Waals surface area contributed by atoms with Gasteiger partial charge in [-0.15, -0.1) is 11.6 Å². The molecule has 3 aliphatic rings. The third kappa shape index (κ3) is 3.26. The van der Waals surface area contributed by atoms with Crippen LogP contribution in [0, 0.1) is 23.7 Å². The van der Waals surface area contributed by atoms with E-state index in [0.29, 0.717) is 11.8 Å². The van der Waals surface area contributed by atoms with Gasteiger partial charge >= 0.3 is 0 Å². The van der Waals surface area contributed by atoms with Gasteiger partial charge in [0.1, 0.15) is 0 Å². The van der Waals surface area contributed by atoms with Gasteiger partial charge in [-0.3, -0.25) is 4.79 Å². The van der Waals surface area contributed by atoms with Crippen molar-refractivity contribution in [3.8, 4) is 0 Å². The van der Waals surface area contributed by atoms with Crippen LogP contribution in [0.1, 0.15) is 57.8 Å². The summed E-state index contributed by atoms with van der Waals surface area (Å²) >= 11 is 6.34. The molecular formula is C16H26ClNO. The standard InChI is InChI=1S/C16H26ClNO/c17-15-4-2-1-3-13(15)10-18-16(19)9-14-8-11-5-6-12(14)7-11/h11-15H,1-10H2,(H,18,19). The van der Waals surface area contributed by atoms with Crippen LogP contribution < -0.4 is 5.32 Å². The van der Waals surface area contributed by atoms with Crippen LogP contribution in [-0.2, 0) is 4.79 Å². The molecule has 3 fully saturated rings. The fourth-order valence-corrected chi connectivity index (χ4v) is 4.94. The molecule has 5 atom stereocenters. The Morgan fingerprint density at radius 3 is 2.58 bits per heavy atom. The van der Waals surface area contributed by atoms with E-state index in [4.69, 9.17) is 11.6 Å². The number of carbonyl (C=O) groups is 1. The first kappa shape index (κ1) is 13.7. The lowest BCUT2D eigenvalue weighted by Gasteiger charge is -2.27. The maximum Gasteiger partial charge on any atom is 0.220 e. The van der Waals surface area contributed by atoms with Crippen LogP contribution in [0.5, 0.6) is 0 Å². The second-order valence-corrected chi connectivity index (χ2v) is 7.56. The first-order valence-corrected chi connectivity index (χ1v) is 8.57. The number of nitrogens with one attached hydrogen (secondary N) is 1. The van der Waals surface area contributed by atoms with Crippen molar-refractivity contribution in [2.75, 3.05) is 6.54 Å². The molecule has 0 spiro atoms. The molecule has 3 saturated carbocycles. The zero-order valence-electron chi connectivity index (χ0n) is 11.7. The van der Waals surface area contributed by atoms with Gasteiger partial charge in [0, 0.05) is 18.3 Å². The van der Waals surface area contributed by atoms with E-state index < -0.39 is 0 Å². The van der Waals surface area contributed by atoms with Crippen LogP contribution in [-0.4, -0.2) is 17.8 Å². The molecule has 2 bridgehead atoms. The van der Waals surface area contributed by atoms with Crippen molar-refractivity contribution >= 4 is 17.5 Å². The van der Waals surface area contributed by atoms with Crippen molar-refractivity contribution in [3.63, 3.8) is 0 Å². The molecule has 0 aromatic carbocycles. The van der Waals surface area contributed by atoms with Gasteiger partial charge in [-0.05, 0) is 55.8 Å². The van der Waals surface area contributed by atoms with Gasteiger partial charge in [0.15, 0.2) is 0 Å². The van der Waals surface area contributed by atoms with Crippen LogP contribution in [0.15, 0.2) is 0 Å². The topological polar surface area (TPSA) is 29.1 Å². The van der Waals surface area contributed by atoms with Crippen molar-refractivity contribution in [1.29, 1.82) is 0 Å². The van der Waals surface area contributed by atoms with E-state index in [1.54, 1.807) is 0 Å². The summed E-state index contributed by atoms with van der Waals surface area (Å²) in [6, 6.07) is 0. The van der Waals surface area contributed by atoms with Crippen LogP contribution in [0.25, 0.3) is 0 Å². The molecule has 3 aliphatic carbocycles. The number of amides is 1. The monoisotopic (exact) mass is 283 g/mol. The average molecular weight is 284 g/mol. The Labute approximate surface area is 121 Å². The molecule has 19 heavy (non-hydrogen) atoms. The molecule has 3 rings (SSSR count). The Balaban J connectivity index is 1.39. The summed E-state index contributed by atoms with van der Waals surface area (Å²) in [6.07, 6.45) is 11.1. The molecule has 0 aliphatic heterocycles. The number of alkyl halides is 1. The summed E-state index contributed by atoms with van der Waals surface area (Å²) in [5.74, 6) is 3.24. The van der Waals surface area contributed by atoms with Crippen molar-refractivity contribution < 1.29 is 4.79 Å².